The van der Waals surface area contributed by atoms with Crippen LogP contribution < -0.4 is 5.32 Å². The molecule has 0 radical (unpaired) electrons. The molecule has 0 atom stereocenters. The lowest BCUT2D eigenvalue weighted by atomic mass is 9.99. The zero-order chi connectivity index (χ0) is 19.9. The maximum absolute atomic E-state index is 12.4. The number of aromatic nitrogens is 1. The molecule has 0 saturated heterocycles. The number of halogens is 2. The summed E-state index contributed by atoms with van der Waals surface area (Å²) in [5.41, 5.74) is 1.96. The molecule has 0 spiro atoms. The molecule has 0 aliphatic carbocycles. The number of hydrogen-bond acceptors (Lipinski definition) is 4. The van der Waals surface area contributed by atoms with Crippen molar-refractivity contribution in [1.29, 1.82) is 0 Å². The number of ether oxygens (including phenoxy) is 1. The molecule has 1 heterocycles. The Hall–Kier alpha value is -2.89. The summed E-state index contributed by atoms with van der Waals surface area (Å²) in [5.74, 6) is -1.14. The quantitative estimate of drug-likeness (QED) is 0.477. The van der Waals surface area contributed by atoms with Crippen LogP contribution in [0, 0.1) is 0 Å². The molecule has 7 heteroatoms. The van der Waals surface area contributed by atoms with Gasteiger partial charge in [0, 0.05) is 0 Å². The van der Waals surface area contributed by atoms with Crippen molar-refractivity contribution in [3.05, 3.63) is 99.8 Å². The van der Waals surface area contributed by atoms with E-state index in [1.165, 1.54) is 12.1 Å². The van der Waals surface area contributed by atoms with E-state index in [-0.39, 0.29) is 21.9 Å². The van der Waals surface area contributed by atoms with Crippen LogP contribution in [0.2, 0.25) is 10.3 Å². The van der Waals surface area contributed by atoms with Gasteiger partial charge in [-0.3, -0.25) is 4.79 Å². The monoisotopic (exact) mass is 414 g/mol. The minimum absolute atomic E-state index is 0.0668. The van der Waals surface area contributed by atoms with Crippen LogP contribution in [0.4, 0.5) is 0 Å². The zero-order valence-electron chi connectivity index (χ0n) is 14.6. The van der Waals surface area contributed by atoms with E-state index in [0.29, 0.717) is 0 Å². The molecule has 0 fully saturated rings. The number of carbonyl (C=O) groups is 2. The van der Waals surface area contributed by atoms with E-state index in [2.05, 4.69) is 10.3 Å². The molecule has 0 bridgehead atoms. The van der Waals surface area contributed by atoms with Crippen molar-refractivity contribution in [3.8, 4) is 0 Å². The molecule has 1 aromatic heterocycles. The van der Waals surface area contributed by atoms with Crippen LogP contribution in [-0.4, -0.2) is 23.5 Å². The van der Waals surface area contributed by atoms with Gasteiger partial charge in [0.1, 0.15) is 10.3 Å². The van der Waals surface area contributed by atoms with Gasteiger partial charge in [0.05, 0.1) is 11.6 Å². The van der Waals surface area contributed by atoms with E-state index in [1.807, 2.05) is 60.7 Å². The Balaban J connectivity index is 1.68. The largest absolute Gasteiger partial charge is 0.452 e. The summed E-state index contributed by atoms with van der Waals surface area (Å²) >= 11 is 11.6. The van der Waals surface area contributed by atoms with E-state index in [1.54, 1.807) is 0 Å². The van der Waals surface area contributed by atoms with Crippen molar-refractivity contribution in [2.75, 3.05) is 6.61 Å². The lowest BCUT2D eigenvalue weighted by Gasteiger charge is -2.20. The van der Waals surface area contributed by atoms with E-state index in [4.69, 9.17) is 27.9 Å². The SMILES string of the molecule is O=C(COC(=O)c1cc(Cl)nc(Cl)c1)NC(c1ccccc1)c1ccccc1. The average Bonchev–Trinajstić information content (AvgIpc) is 2.71. The molecule has 1 N–H and O–H groups in total. The highest BCUT2D eigenvalue weighted by atomic mass is 35.5. The van der Waals surface area contributed by atoms with Crippen LogP contribution in [-0.2, 0) is 9.53 Å². The van der Waals surface area contributed by atoms with Crippen molar-refractivity contribution in [3.63, 3.8) is 0 Å². The molecular formula is C21H16Cl2N2O3. The van der Waals surface area contributed by atoms with Crippen molar-refractivity contribution in [1.82, 2.24) is 10.3 Å². The number of amides is 1. The van der Waals surface area contributed by atoms with E-state index >= 15 is 0 Å². The summed E-state index contributed by atoms with van der Waals surface area (Å²) in [5, 5.41) is 3.03. The molecule has 2 aromatic carbocycles. The summed E-state index contributed by atoms with van der Waals surface area (Å²) in [6.45, 7) is -0.438. The Labute approximate surface area is 172 Å². The molecule has 0 unspecified atom stereocenters. The van der Waals surface area contributed by atoms with E-state index in [0.717, 1.165) is 11.1 Å². The summed E-state index contributed by atoms with van der Waals surface area (Å²) < 4.78 is 5.08. The lowest BCUT2D eigenvalue weighted by Crippen LogP contribution is -2.33. The third-order valence-corrected chi connectivity index (χ3v) is 4.29. The van der Waals surface area contributed by atoms with Gasteiger partial charge in [0.2, 0.25) is 0 Å². The highest BCUT2D eigenvalue weighted by Crippen LogP contribution is 2.21. The minimum atomic E-state index is -0.711. The topological polar surface area (TPSA) is 68.3 Å². The van der Waals surface area contributed by atoms with Crippen LogP contribution in [0.5, 0.6) is 0 Å². The van der Waals surface area contributed by atoms with E-state index in [9.17, 15) is 9.59 Å². The molecule has 28 heavy (non-hydrogen) atoms. The third kappa shape index (κ3) is 5.31. The van der Waals surface area contributed by atoms with Crippen molar-refractivity contribution < 1.29 is 14.3 Å². The number of pyridine rings is 1. The Morgan fingerprint density at radius 2 is 1.39 bits per heavy atom. The Morgan fingerprint density at radius 3 is 1.89 bits per heavy atom. The highest BCUT2D eigenvalue weighted by molar-refractivity contribution is 6.32. The molecule has 0 aliphatic heterocycles. The second-order valence-corrected chi connectivity index (χ2v) is 6.67. The molecular weight excluding hydrogens is 399 g/mol. The van der Waals surface area contributed by atoms with E-state index < -0.39 is 18.5 Å². The maximum Gasteiger partial charge on any atom is 0.338 e. The Kier molecular flexibility index (Phi) is 6.63. The Morgan fingerprint density at radius 1 is 0.893 bits per heavy atom. The Bertz CT molecular complexity index is 906. The lowest BCUT2D eigenvalue weighted by molar-refractivity contribution is -0.124. The number of nitrogens with one attached hydrogen (secondary N) is 1. The summed E-state index contributed by atoms with van der Waals surface area (Å²) in [7, 11) is 0. The van der Waals surface area contributed by atoms with Gasteiger partial charge < -0.3 is 10.1 Å². The number of carbonyl (C=O) groups excluding carboxylic acids is 2. The molecule has 1 amide bonds. The third-order valence-electron chi connectivity index (χ3n) is 3.90. The smallest absolute Gasteiger partial charge is 0.338 e. The van der Waals surface area contributed by atoms with Gasteiger partial charge in [-0.1, -0.05) is 83.9 Å². The summed E-state index contributed by atoms with van der Waals surface area (Å²) in [6.07, 6.45) is 0. The predicted molar refractivity (Wildman–Crippen MR) is 107 cm³/mol. The normalized spacial score (nSPS) is 10.5. The first-order chi connectivity index (χ1) is 13.5. The van der Waals surface area contributed by atoms with Crippen LogP contribution in [0.15, 0.2) is 72.8 Å². The number of benzene rings is 2. The van der Waals surface area contributed by atoms with Crippen molar-refractivity contribution >= 4 is 35.1 Å². The molecule has 3 aromatic rings. The molecule has 0 saturated carbocycles. The number of esters is 1. The van der Waals surface area contributed by atoms with Gasteiger partial charge in [0.15, 0.2) is 6.61 Å². The number of hydrogen-bond donors (Lipinski definition) is 1. The van der Waals surface area contributed by atoms with Crippen LogP contribution in [0.25, 0.3) is 0 Å². The fourth-order valence-corrected chi connectivity index (χ4v) is 3.11. The molecule has 5 nitrogen and oxygen atoms in total. The molecule has 142 valence electrons. The van der Waals surface area contributed by atoms with Gasteiger partial charge >= 0.3 is 5.97 Å². The minimum Gasteiger partial charge on any atom is -0.452 e. The summed E-state index contributed by atoms with van der Waals surface area (Å²) in [6, 6.07) is 21.4. The molecule has 3 rings (SSSR count). The fourth-order valence-electron chi connectivity index (χ4n) is 2.65. The van der Waals surface area contributed by atoms with Gasteiger partial charge in [0.25, 0.3) is 5.91 Å². The van der Waals surface area contributed by atoms with Crippen LogP contribution in [0.3, 0.4) is 0 Å². The van der Waals surface area contributed by atoms with Gasteiger partial charge in [-0.25, -0.2) is 9.78 Å². The fraction of sp³-hybridized carbons (Fsp3) is 0.0952. The van der Waals surface area contributed by atoms with Crippen LogP contribution in [0.1, 0.15) is 27.5 Å². The average molecular weight is 415 g/mol. The number of nitrogens with zero attached hydrogens (tertiary/aromatic N) is 1. The zero-order valence-corrected chi connectivity index (χ0v) is 16.2. The second-order valence-electron chi connectivity index (χ2n) is 5.90. The standard InChI is InChI=1S/C21H16Cl2N2O3/c22-17-11-16(12-18(23)24-17)21(27)28-13-19(26)25-20(14-7-3-1-4-8-14)15-9-5-2-6-10-15/h1-12,20H,13H2,(H,25,26). The van der Waals surface area contributed by atoms with Crippen LogP contribution >= 0.6 is 23.2 Å². The molecule has 0 aliphatic rings. The van der Waals surface area contributed by atoms with Gasteiger partial charge in [-0.05, 0) is 23.3 Å². The first-order valence-electron chi connectivity index (χ1n) is 8.42. The van der Waals surface area contributed by atoms with Gasteiger partial charge in [-0.15, -0.1) is 0 Å². The van der Waals surface area contributed by atoms with Crippen molar-refractivity contribution in [2.24, 2.45) is 0 Å². The first-order valence-corrected chi connectivity index (χ1v) is 9.18. The maximum atomic E-state index is 12.4. The van der Waals surface area contributed by atoms with Crippen molar-refractivity contribution in [2.45, 2.75) is 6.04 Å². The van der Waals surface area contributed by atoms with Gasteiger partial charge in [-0.2, -0.15) is 0 Å². The number of rotatable bonds is 6. The first kappa shape index (κ1) is 19.9. The predicted octanol–water partition coefficient (Wildman–Crippen LogP) is 4.45. The summed E-state index contributed by atoms with van der Waals surface area (Å²) in [4.78, 5) is 28.3. The second kappa shape index (κ2) is 9.35. The highest BCUT2D eigenvalue weighted by Gasteiger charge is 2.18.